The molecule has 0 bridgehead atoms. The molecule has 4 heteroatoms. The van der Waals surface area contributed by atoms with Gasteiger partial charge in [-0.3, -0.25) is 0 Å². The van der Waals surface area contributed by atoms with Gasteiger partial charge in [-0.1, -0.05) is 34.8 Å². The van der Waals surface area contributed by atoms with E-state index in [0.717, 1.165) is 10.0 Å². The number of nitrogens with two attached hydrogens (primary N) is 1. The molecule has 1 atom stereocenters. The van der Waals surface area contributed by atoms with Crippen molar-refractivity contribution < 1.29 is 5.11 Å². The van der Waals surface area contributed by atoms with Gasteiger partial charge in [0.25, 0.3) is 0 Å². The molecule has 1 aromatic rings. The maximum Gasteiger partial charge on any atom is 0.0606 e. The molecule has 3 nitrogen and oxygen atoms in total. The fourth-order valence-corrected chi connectivity index (χ4v) is 3.64. The van der Waals surface area contributed by atoms with Gasteiger partial charge in [0, 0.05) is 28.8 Å². The van der Waals surface area contributed by atoms with Crippen LogP contribution in [0.3, 0.4) is 0 Å². The first-order chi connectivity index (χ1) is 9.13. The van der Waals surface area contributed by atoms with Gasteiger partial charge in [0.2, 0.25) is 0 Å². The number of rotatable bonds is 5. The van der Waals surface area contributed by atoms with E-state index in [-0.39, 0.29) is 12.6 Å². The Kier molecular flexibility index (Phi) is 5.25. The molecule has 0 spiro atoms. The quantitative estimate of drug-likeness (QED) is 0.873. The second-order valence-corrected chi connectivity index (χ2v) is 6.20. The third-order valence-electron chi connectivity index (χ3n) is 3.91. The van der Waals surface area contributed by atoms with Gasteiger partial charge < -0.3 is 15.7 Å². The number of halogens is 1. The van der Waals surface area contributed by atoms with Gasteiger partial charge >= 0.3 is 0 Å². The van der Waals surface area contributed by atoms with Crippen LogP contribution in [-0.2, 0) is 0 Å². The van der Waals surface area contributed by atoms with Crippen molar-refractivity contribution in [3.63, 3.8) is 0 Å². The SMILES string of the molecule is CC(N)c1ccc(N(CCO)C2CCCC2)cc1Br. The largest absolute Gasteiger partial charge is 0.395 e. The van der Waals surface area contributed by atoms with E-state index in [1.54, 1.807) is 0 Å². The van der Waals surface area contributed by atoms with Crippen LogP contribution in [0, 0.1) is 0 Å². The molecule has 0 saturated heterocycles. The molecule has 1 unspecified atom stereocenters. The third kappa shape index (κ3) is 3.50. The van der Waals surface area contributed by atoms with E-state index < -0.39 is 0 Å². The van der Waals surface area contributed by atoms with Crippen molar-refractivity contribution in [3.05, 3.63) is 28.2 Å². The Labute approximate surface area is 123 Å². The molecule has 0 heterocycles. The number of hydrogen-bond acceptors (Lipinski definition) is 3. The molecule has 0 amide bonds. The minimum absolute atomic E-state index is 0.0289. The zero-order valence-electron chi connectivity index (χ0n) is 11.5. The minimum Gasteiger partial charge on any atom is -0.395 e. The average molecular weight is 327 g/mol. The van der Waals surface area contributed by atoms with Crippen molar-refractivity contribution in [2.45, 2.75) is 44.7 Å². The van der Waals surface area contributed by atoms with E-state index in [1.807, 2.05) is 6.92 Å². The standard InChI is InChI=1S/C15H23BrN2O/c1-11(17)14-7-6-13(10-15(14)16)18(8-9-19)12-4-2-3-5-12/h6-7,10-12,19H,2-5,8-9,17H2,1H3. The van der Waals surface area contributed by atoms with E-state index in [0.29, 0.717) is 12.6 Å². The summed E-state index contributed by atoms with van der Waals surface area (Å²) in [4.78, 5) is 2.34. The van der Waals surface area contributed by atoms with Gasteiger partial charge in [-0.2, -0.15) is 0 Å². The molecule has 1 aliphatic carbocycles. The fraction of sp³-hybridized carbons (Fsp3) is 0.600. The van der Waals surface area contributed by atoms with Crippen molar-refractivity contribution in [2.75, 3.05) is 18.1 Å². The summed E-state index contributed by atoms with van der Waals surface area (Å²) in [6.07, 6.45) is 5.05. The number of anilines is 1. The number of nitrogens with zero attached hydrogens (tertiary/aromatic N) is 1. The highest BCUT2D eigenvalue weighted by Crippen LogP contribution is 2.32. The predicted molar refractivity (Wildman–Crippen MR) is 83.4 cm³/mol. The van der Waals surface area contributed by atoms with Crippen LogP contribution in [0.5, 0.6) is 0 Å². The Morgan fingerprint density at radius 3 is 2.63 bits per heavy atom. The molecule has 3 N–H and O–H groups in total. The third-order valence-corrected chi connectivity index (χ3v) is 4.60. The molecule has 1 fully saturated rings. The monoisotopic (exact) mass is 326 g/mol. The topological polar surface area (TPSA) is 49.5 Å². The highest BCUT2D eigenvalue weighted by molar-refractivity contribution is 9.10. The van der Waals surface area contributed by atoms with Crippen molar-refractivity contribution in [3.8, 4) is 0 Å². The maximum absolute atomic E-state index is 9.30. The second-order valence-electron chi connectivity index (χ2n) is 5.35. The number of aliphatic hydroxyl groups excluding tert-OH is 1. The minimum atomic E-state index is 0.0289. The van der Waals surface area contributed by atoms with E-state index in [2.05, 4.69) is 39.0 Å². The van der Waals surface area contributed by atoms with E-state index in [9.17, 15) is 5.11 Å². The normalized spacial score (nSPS) is 17.7. The molecular formula is C15H23BrN2O. The van der Waals surface area contributed by atoms with Crippen LogP contribution < -0.4 is 10.6 Å². The first-order valence-electron chi connectivity index (χ1n) is 7.06. The van der Waals surface area contributed by atoms with E-state index >= 15 is 0 Å². The van der Waals surface area contributed by atoms with Crippen molar-refractivity contribution in [1.82, 2.24) is 0 Å². The van der Waals surface area contributed by atoms with Crippen LogP contribution in [0.25, 0.3) is 0 Å². The Hall–Kier alpha value is -0.580. The van der Waals surface area contributed by atoms with Gasteiger partial charge in [0.15, 0.2) is 0 Å². The van der Waals surface area contributed by atoms with E-state index in [4.69, 9.17) is 5.73 Å². The Morgan fingerprint density at radius 2 is 2.11 bits per heavy atom. The molecule has 0 aromatic heterocycles. The van der Waals surface area contributed by atoms with Crippen molar-refractivity contribution in [2.24, 2.45) is 5.73 Å². The van der Waals surface area contributed by atoms with Crippen molar-refractivity contribution in [1.29, 1.82) is 0 Å². The summed E-state index contributed by atoms with van der Waals surface area (Å²) in [5.74, 6) is 0. The summed E-state index contributed by atoms with van der Waals surface area (Å²) < 4.78 is 1.06. The molecule has 1 aliphatic rings. The summed E-state index contributed by atoms with van der Waals surface area (Å²) in [5.41, 5.74) is 8.24. The molecular weight excluding hydrogens is 304 g/mol. The highest BCUT2D eigenvalue weighted by Gasteiger charge is 2.23. The Balaban J connectivity index is 2.23. The van der Waals surface area contributed by atoms with Gasteiger partial charge in [0.05, 0.1) is 6.61 Å². The molecule has 19 heavy (non-hydrogen) atoms. The predicted octanol–water partition coefficient (Wildman–Crippen LogP) is 3.21. The van der Waals surface area contributed by atoms with E-state index in [1.165, 1.54) is 31.4 Å². The number of aliphatic hydroxyl groups is 1. The smallest absolute Gasteiger partial charge is 0.0606 e. The van der Waals surface area contributed by atoms with Crippen LogP contribution in [0.2, 0.25) is 0 Å². The van der Waals surface area contributed by atoms with Crippen LogP contribution >= 0.6 is 15.9 Å². The number of hydrogen-bond donors (Lipinski definition) is 2. The lowest BCUT2D eigenvalue weighted by molar-refractivity contribution is 0.297. The first-order valence-corrected chi connectivity index (χ1v) is 7.85. The zero-order chi connectivity index (χ0) is 13.8. The summed E-state index contributed by atoms with van der Waals surface area (Å²) in [6.45, 7) is 2.89. The molecule has 1 saturated carbocycles. The van der Waals surface area contributed by atoms with Gasteiger partial charge in [-0.25, -0.2) is 0 Å². The Morgan fingerprint density at radius 1 is 1.42 bits per heavy atom. The van der Waals surface area contributed by atoms with Gasteiger partial charge in [-0.05, 0) is 37.5 Å². The highest BCUT2D eigenvalue weighted by atomic mass is 79.9. The maximum atomic E-state index is 9.30. The summed E-state index contributed by atoms with van der Waals surface area (Å²) in [5, 5.41) is 9.30. The molecule has 1 aromatic carbocycles. The average Bonchev–Trinajstić information content (AvgIpc) is 2.89. The van der Waals surface area contributed by atoms with Crippen LogP contribution in [0.15, 0.2) is 22.7 Å². The lowest BCUT2D eigenvalue weighted by atomic mass is 10.1. The van der Waals surface area contributed by atoms with Crippen molar-refractivity contribution >= 4 is 21.6 Å². The molecule has 0 radical (unpaired) electrons. The second kappa shape index (κ2) is 6.73. The molecule has 2 rings (SSSR count). The summed E-state index contributed by atoms with van der Waals surface area (Å²) >= 11 is 3.61. The lowest BCUT2D eigenvalue weighted by Gasteiger charge is -2.31. The van der Waals surface area contributed by atoms with Gasteiger partial charge in [0.1, 0.15) is 0 Å². The first kappa shape index (κ1) is 14.8. The summed E-state index contributed by atoms with van der Waals surface area (Å²) in [7, 11) is 0. The Bertz CT molecular complexity index is 417. The van der Waals surface area contributed by atoms with Crippen LogP contribution in [-0.4, -0.2) is 24.3 Å². The number of benzene rings is 1. The van der Waals surface area contributed by atoms with Crippen LogP contribution in [0.1, 0.15) is 44.2 Å². The molecule has 0 aliphatic heterocycles. The molecule has 106 valence electrons. The fourth-order valence-electron chi connectivity index (χ4n) is 2.91. The summed E-state index contributed by atoms with van der Waals surface area (Å²) in [6, 6.07) is 6.94. The lowest BCUT2D eigenvalue weighted by Crippen LogP contribution is -2.35. The zero-order valence-corrected chi connectivity index (χ0v) is 13.1. The van der Waals surface area contributed by atoms with Crippen LogP contribution in [0.4, 0.5) is 5.69 Å². The van der Waals surface area contributed by atoms with Gasteiger partial charge in [-0.15, -0.1) is 0 Å².